The van der Waals surface area contributed by atoms with E-state index in [4.69, 9.17) is 9.47 Å². The molecule has 1 unspecified atom stereocenters. The van der Waals surface area contributed by atoms with Crippen molar-refractivity contribution in [1.29, 1.82) is 0 Å². The molecular weight excluding hydrogens is 236 g/mol. The largest absolute Gasteiger partial charge is 0.496 e. The fourth-order valence-corrected chi connectivity index (χ4v) is 2.25. The summed E-state index contributed by atoms with van der Waals surface area (Å²) in [7, 11) is 3.41. The molecule has 0 spiro atoms. The van der Waals surface area contributed by atoms with Gasteiger partial charge >= 0.3 is 0 Å². The number of benzene rings is 2. The van der Waals surface area contributed by atoms with Crippen molar-refractivity contribution in [2.45, 2.75) is 19.4 Å². The Morgan fingerprint density at radius 3 is 2.21 bits per heavy atom. The van der Waals surface area contributed by atoms with Gasteiger partial charge in [-0.05, 0) is 23.6 Å². The van der Waals surface area contributed by atoms with Crippen LogP contribution in [-0.2, 0) is 11.2 Å². The van der Waals surface area contributed by atoms with Crippen molar-refractivity contribution in [1.82, 2.24) is 0 Å². The zero-order valence-electron chi connectivity index (χ0n) is 11.7. The maximum absolute atomic E-state index is 5.66. The van der Waals surface area contributed by atoms with E-state index in [0.29, 0.717) is 0 Å². The molecule has 0 bridgehead atoms. The molecule has 0 aliphatic rings. The second kappa shape index (κ2) is 6.39. The van der Waals surface area contributed by atoms with Gasteiger partial charge in [-0.2, -0.15) is 0 Å². The van der Waals surface area contributed by atoms with Crippen LogP contribution in [0, 0.1) is 0 Å². The van der Waals surface area contributed by atoms with Crippen LogP contribution in [0.25, 0.3) is 0 Å². The van der Waals surface area contributed by atoms with Crippen LogP contribution in [0.3, 0.4) is 0 Å². The Morgan fingerprint density at radius 2 is 1.63 bits per heavy atom. The van der Waals surface area contributed by atoms with E-state index < -0.39 is 0 Å². The van der Waals surface area contributed by atoms with E-state index in [-0.39, 0.29) is 6.10 Å². The maximum Gasteiger partial charge on any atom is 0.125 e. The average Bonchev–Trinajstić information content (AvgIpc) is 2.49. The van der Waals surface area contributed by atoms with E-state index in [1.54, 1.807) is 14.2 Å². The third-order valence-electron chi connectivity index (χ3n) is 3.35. The monoisotopic (exact) mass is 256 g/mol. The van der Waals surface area contributed by atoms with Gasteiger partial charge in [-0.1, -0.05) is 49.4 Å². The molecule has 2 aromatic rings. The van der Waals surface area contributed by atoms with Gasteiger partial charge < -0.3 is 9.47 Å². The first-order valence-corrected chi connectivity index (χ1v) is 6.54. The van der Waals surface area contributed by atoms with Crippen molar-refractivity contribution in [2.75, 3.05) is 14.2 Å². The Morgan fingerprint density at radius 1 is 0.947 bits per heavy atom. The van der Waals surface area contributed by atoms with E-state index >= 15 is 0 Å². The molecule has 2 nitrogen and oxygen atoms in total. The summed E-state index contributed by atoms with van der Waals surface area (Å²) < 4.78 is 11.1. The quantitative estimate of drug-likeness (QED) is 0.805. The number of ether oxygens (including phenoxy) is 2. The lowest BCUT2D eigenvalue weighted by Crippen LogP contribution is -2.05. The van der Waals surface area contributed by atoms with Crippen LogP contribution in [-0.4, -0.2) is 14.2 Å². The van der Waals surface area contributed by atoms with Gasteiger partial charge in [0.25, 0.3) is 0 Å². The predicted octanol–water partition coefficient (Wildman–Crippen LogP) is 3.99. The fraction of sp³-hybridized carbons (Fsp3) is 0.294. The zero-order chi connectivity index (χ0) is 13.7. The van der Waals surface area contributed by atoms with Crippen molar-refractivity contribution >= 4 is 0 Å². The van der Waals surface area contributed by atoms with Gasteiger partial charge in [0, 0.05) is 12.7 Å². The number of rotatable bonds is 5. The molecular formula is C17H20O2. The predicted molar refractivity (Wildman–Crippen MR) is 77.7 cm³/mol. The molecule has 0 saturated heterocycles. The normalized spacial score (nSPS) is 12.2. The minimum Gasteiger partial charge on any atom is -0.496 e. The summed E-state index contributed by atoms with van der Waals surface area (Å²) in [6, 6.07) is 16.5. The summed E-state index contributed by atoms with van der Waals surface area (Å²) in [5.74, 6) is 0.855. The summed E-state index contributed by atoms with van der Waals surface area (Å²) >= 11 is 0. The number of methoxy groups -OCH3 is 2. The van der Waals surface area contributed by atoms with E-state index in [1.165, 1.54) is 5.56 Å². The Bertz CT molecular complexity index is 517. The van der Waals surface area contributed by atoms with Crippen molar-refractivity contribution in [3.8, 4) is 5.75 Å². The lowest BCUT2D eigenvalue weighted by atomic mass is 9.99. The highest BCUT2D eigenvalue weighted by molar-refractivity contribution is 5.41. The van der Waals surface area contributed by atoms with Crippen LogP contribution >= 0.6 is 0 Å². The third kappa shape index (κ3) is 2.96. The fourth-order valence-electron chi connectivity index (χ4n) is 2.25. The molecule has 0 aliphatic carbocycles. The highest BCUT2D eigenvalue weighted by atomic mass is 16.5. The zero-order valence-corrected chi connectivity index (χ0v) is 11.7. The lowest BCUT2D eigenvalue weighted by Gasteiger charge is -2.19. The van der Waals surface area contributed by atoms with Crippen LogP contribution < -0.4 is 4.74 Å². The van der Waals surface area contributed by atoms with Gasteiger partial charge in [0.1, 0.15) is 11.9 Å². The van der Waals surface area contributed by atoms with Crippen LogP contribution in [0.4, 0.5) is 0 Å². The Labute approximate surface area is 115 Å². The van der Waals surface area contributed by atoms with Gasteiger partial charge in [0.05, 0.1) is 7.11 Å². The van der Waals surface area contributed by atoms with Gasteiger partial charge in [-0.3, -0.25) is 0 Å². The van der Waals surface area contributed by atoms with Gasteiger partial charge in [0.15, 0.2) is 0 Å². The van der Waals surface area contributed by atoms with Crippen molar-refractivity contribution < 1.29 is 9.47 Å². The molecule has 0 aromatic heterocycles. The van der Waals surface area contributed by atoms with E-state index in [2.05, 4.69) is 31.2 Å². The van der Waals surface area contributed by atoms with Crippen molar-refractivity contribution in [3.63, 3.8) is 0 Å². The minimum atomic E-state index is -0.0953. The molecule has 0 amide bonds. The first-order valence-electron chi connectivity index (χ1n) is 6.54. The summed E-state index contributed by atoms with van der Waals surface area (Å²) in [6.45, 7) is 2.16. The number of hydrogen-bond acceptors (Lipinski definition) is 2. The molecule has 0 fully saturated rings. The van der Waals surface area contributed by atoms with Crippen LogP contribution in [0.2, 0.25) is 0 Å². The van der Waals surface area contributed by atoms with E-state index in [9.17, 15) is 0 Å². The van der Waals surface area contributed by atoms with E-state index in [0.717, 1.165) is 23.3 Å². The lowest BCUT2D eigenvalue weighted by molar-refractivity contribution is 0.133. The Kier molecular flexibility index (Phi) is 4.58. The molecule has 0 N–H and O–H groups in total. The molecule has 0 aliphatic heterocycles. The SMILES string of the molecule is CCc1ccc(C(OC)c2ccccc2OC)cc1. The summed E-state index contributed by atoms with van der Waals surface area (Å²) in [4.78, 5) is 0. The summed E-state index contributed by atoms with van der Waals surface area (Å²) in [5.41, 5.74) is 3.53. The van der Waals surface area contributed by atoms with Crippen molar-refractivity contribution in [3.05, 3.63) is 65.2 Å². The first kappa shape index (κ1) is 13.6. The van der Waals surface area contributed by atoms with Crippen molar-refractivity contribution in [2.24, 2.45) is 0 Å². The van der Waals surface area contributed by atoms with Gasteiger partial charge in [-0.25, -0.2) is 0 Å². The second-order valence-electron chi connectivity index (χ2n) is 4.45. The maximum atomic E-state index is 5.66. The van der Waals surface area contributed by atoms with Crippen LogP contribution in [0.5, 0.6) is 5.75 Å². The third-order valence-corrected chi connectivity index (χ3v) is 3.35. The number of para-hydroxylation sites is 1. The molecule has 2 rings (SSSR count). The van der Waals surface area contributed by atoms with Crippen LogP contribution in [0.1, 0.15) is 29.7 Å². The molecule has 100 valence electrons. The summed E-state index contributed by atoms with van der Waals surface area (Å²) in [6.07, 6.45) is 0.953. The Balaban J connectivity index is 2.37. The number of aryl methyl sites for hydroxylation is 1. The topological polar surface area (TPSA) is 18.5 Å². The second-order valence-corrected chi connectivity index (χ2v) is 4.45. The average molecular weight is 256 g/mol. The van der Waals surface area contributed by atoms with Gasteiger partial charge in [0.2, 0.25) is 0 Å². The molecule has 2 heteroatoms. The van der Waals surface area contributed by atoms with E-state index in [1.807, 2.05) is 24.3 Å². The number of hydrogen-bond donors (Lipinski definition) is 0. The standard InChI is InChI=1S/C17H20O2/c1-4-13-9-11-14(12-10-13)17(19-3)15-7-5-6-8-16(15)18-2/h5-12,17H,4H2,1-3H3. The molecule has 2 aromatic carbocycles. The molecule has 1 atom stereocenters. The Hall–Kier alpha value is -1.80. The minimum absolute atomic E-state index is 0.0953. The van der Waals surface area contributed by atoms with Crippen LogP contribution in [0.15, 0.2) is 48.5 Å². The molecule has 19 heavy (non-hydrogen) atoms. The molecule has 0 radical (unpaired) electrons. The van der Waals surface area contributed by atoms with Gasteiger partial charge in [-0.15, -0.1) is 0 Å². The highest BCUT2D eigenvalue weighted by Gasteiger charge is 2.17. The molecule has 0 saturated carbocycles. The highest BCUT2D eigenvalue weighted by Crippen LogP contribution is 2.32. The smallest absolute Gasteiger partial charge is 0.125 e. The molecule has 0 heterocycles. The summed E-state index contributed by atoms with van der Waals surface area (Å²) in [5, 5.41) is 0. The first-order chi connectivity index (χ1) is 9.30.